The van der Waals surface area contributed by atoms with Crippen LogP contribution in [0, 0.1) is 11.8 Å². The summed E-state index contributed by atoms with van der Waals surface area (Å²) in [5.74, 6) is 0.769. The third-order valence-corrected chi connectivity index (χ3v) is 3.96. The molecule has 112 valence electrons. The molecular formula is C13H16ClF3N2O. The largest absolute Gasteiger partial charge is 0.476 e. The second-order valence-electron chi connectivity index (χ2n) is 5.01. The van der Waals surface area contributed by atoms with Gasteiger partial charge >= 0.3 is 6.18 Å². The molecule has 0 spiro atoms. The molecule has 1 heterocycles. The molecule has 1 aromatic heterocycles. The number of halogens is 4. The summed E-state index contributed by atoms with van der Waals surface area (Å²) < 4.78 is 42.9. The van der Waals surface area contributed by atoms with Crippen molar-refractivity contribution in [1.82, 2.24) is 4.98 Å². The Morgan fingerprint density at radius 3 is 2.65 bits per heavy atom. The number of nitrogens with zero attached hydrogens (tertiary/aromatic N) is 1. The van der Waals surface area contributed by atoms with E-state index in [1.807, 2.05) is 0 Å². The van der Waals surface area contributed by atoms with Gasteiger partial charge in [-0.15, -0.1) is 0 Å². The van der Waals surface area contributed by atoms with Gasteiger partial charge in [-0.05, 0) is 37.3 Å². The average molecular weight is 309 g/mol. The second-order valence-corrected chi connectivity index (χ2v) is 5.41. The Balaban J connectivity index is 2.00. The molecule has 1 fully saturated rings. The molecule has 1 aromatic rings. The first kappa shape index (κ1) is 15.4. The van der Waals surface area contributed by atoms with E-state index in [1.54, 1.807) is 0 Å². The predicted molar refractivity (Wildman–Crippen MR) is 69.6 cm³/mol. The first-order chi connectivity index (χ1) is 9.41. The molecule has 7 heteroatoms. The van der Waals surface area contributed by atoms with Crippen LogP contribution in [0.5, 0.6) is 5.88 Å². The molecule has 1 aliphatic carbocycles. The summed E-state index contributed by atoms with van der Waals surface area (Å²) in [4.78, 5) is 3.65. The van der Waals surface area contributed by atoms with E-state index in [0.29, 0.717) is 25.0 Å². The van der Waals surface area contributed by atoms with Gasteiger partial charge in [0, 0.05) is 6.20 Å². The fraction of sp³-hybridized carbons (Fsp3) is 0.615. The van der Waals surface area contributed by atoms with Gasteiger partial charge in [-0.25, -0.2) is 4.98 Å². The van der Waals surface area contributed by atoms with Crippen molar-refractivity contribution >= 4 is 11.6 Å². The number of hydrogen-bond acceptors (Lipinski definition) is 3. The van der Waals surface area contributed by atoms with E-state index in [4.69, 9.17) is 22.1 Å². The summed E-state index contributed by atoms with van der Waals surface area (Å²) in [6, 6.07) is 0.832. The number of alkyl halides is 3. The van der Waals surface area contributed by atoms with Crippen molar-refractivity contribution in [3.63, 3.8) is 0 Å². The molecular weight excluding hydrogens is 293 g/mol. The average Bonchev–Trinajstić information content (AvgIpc) is 2.83. The van der Waals surface area contributed by atoms with Crippen molar-refractivity contribution < 1.29 is 17.9 Å². The molecule has 2 atom stereocenters. The smallest absolute Gasteiger partial charge is 0.417 e. The van der Waals surface area contributed by atoms with Crippen LogP contribution in [-0.2, 0) is 6.18 Å². The van der Waals surface area contributed by atoms with Crippen LogP contribution in [-0.4, -0.2) is 18.1 Å². The van der Waals surface area contributed by atoms with Crippen molar-refractivity contribution in [2.24, 2.45) is 17.6 Å². The Kier molecular flexibility index (Phi) is 4.75. The molecule has 0 radical (unpaired) electrons. The van der Waals surface area contributed by atoms with Gasteiger partial charge in [-0.3, -0.25) is 0 Å². The Labute approximate surface area is 120 Å². The van der Waals surface area contributed by atoms with Crippen molar-refractivity contribution in [2.75, 3.05) is 13.2 Å². The topological polar surface area (TPSA) is 48.1 Å². The van der Waals surface area contributed by atoms with E-state index < -0.39 is 11.7 Å². The minimum absolute atomic E-state index is 0.0438. The standard InChI is InChI=1S/C13H16ClF3N2O/c14-11-4-10(13(15,16)17)6-19-12(11)20-7-9-3-1-2-8(9)5-18/h4,6,8-9H,1-3,5,7,18H2. The molecule has 2 unspecified atom stereocenters. The van der Waals surface area contributed by atoms with E-state index in [9.17, 15) is 13.2 Å². The Bertz CT molecular complexity index is 467. The van der Waals surface area contributed by atoms with Crippen LogP contribution in [0.4, 0.5) is 13.2 Å². The summed E-state index contributed by atoms with van der Waals surface area (Å²) in [6.45, 7) is 0.988. The summed E-state index contributed by atoms with van der Waals surface area (Å²) in [5, 5.41) is -0.123. The molecule has 0 saturated heterocycles. The summed E-state index contributed by atoms with van der Waals surface area (Å²) in [5.41, 5.74) is 4.79. The summed E-state index contributed by atoms with van der Waals surface area (Å²) in [7, 11) is 0. The minimum Gasteiger partial charge on any atom is -0.476 e. The van der Waals surface area contributed by atoms with Crippen molar-refractivity contribution in [1.29, 1.82) is 0 Å². The van der Waals surface area contributed by atoms with Gasteiger partial charge in [0.2, 0.25) is 5.88 Å². The third kappa shape index (κ3) is 3.55. The lowest BCUT2D eigenvalue weighted by atomic mass is 9.97. The van der Waals surface area contributed by atoms with Crippen molar-refractivity contribution in [3.05, 3.63) is 22.8 Å². The quantitative estimate of drug-likeness (QED) is 0.926. The number of ether oxygens (including phenoxy) is 1. The van der Waals surface area contributed by atoms with Crippen LogP contribution in [0.2, 0.25) is 5.02 Å². The Hall–Kier alpha value is -1.01. The lowest BCUT2D eigenvalue weighted by molar-refractivity contribution is -0.137. The lowest BCUT2D eigenvalue weighted by Crippen LogP contribution is -2.23. The number of pyridine rings is 1. The van der Waals surface area contributed by atoms with Gasteiger partial charge in [-0.1, -0.05) is 18.0 Å². The van der Waals surface area contributed by atoms with Gasteiger partial charge in [0.25, 0.3) is 0 Å². The van der Waals surface area contributed by atoms with Crippen molar-refractivity contribution in [2.45, 2.75) is 25.4 Å². The van der Waals surface area contributed by atoms with E-state index in [-0.39, 0.29) is 10.9 Å². The minimum atomic E-state index is -4.45. The fourth-order valence-corrected chi connectivity index (χ4v) is 2.74. The van der Waals surface area contributed by atoms with Gasteiger partial charge < -0.3 is 10.5 Å². The van der Waals surface area contributed by atoms with Gasteiger partial charge in [-0.2, -0.15) is 13.2 Å². The maximum Gasteiger partial charge on any atom is 0.417 e. The predicted octanol–water partition coefficient (Wildman–Crippen LogP) is 3.51. The van der Waals surface area contributed by atoms with E-state index in [2.05, 4.69) is 4.98 Å². The molecule has 0 amide bonds. The molecule has 3 nitrogen and oxygen atoms in total. The summed E-state index contributed by atoms with van der Waals surface area (Å²) >= 11 is 5.78. The van der Waals surface area contributed by atoms with Crippen LogP contribution < -0.4 is 10.5 Å². The number of aromatic nitrogens is 1. The molecule has 0 aliphatic heterocycles. The van der Waals surface area contributed by atoms with E-state index >= 15 is 0 Å². The van der Waals surface area contributed by atoms with Crippen LogP contribution in [0.1, 0.15) is 24.8 Å². The molecule has 2 rings (SSSR count). The fourth-order valence-electron chi connectivity index (χ4n) is 2.52. The van der Waals surface area contributed by atoms with Gasteiger partial charge in [0.15, 0.2) is 0 Å². The summed E-state index contributed by atoms with van der Waals surface area (Å²) in [6.07, 6.45) is -0.537. The molecule has 1 aliphatic rings. The maximum absolute atomic E-state index is 12.5. The maximum atomic E-state index is 12.5. The zero-order valence-electron chi connectivity index (χ0n) is 10.8. The van der Waals surface area contributed by atoms with Crippen molar-refractivity contribution in [3.8, 4) is 5.88 Å². The number of hydrogen-bond donors (Lipinski definition) is 1. The van der Waals surface area contributed by atoms with Crippen LogP contribution in [0.3, 0.4) is 0 Å². The molecule has 1 saturated carbocycles. The number of nitrogens with two attached hydrogens (primary N) is 1. The van der Waals surface area contributed by atoms with E-state index in [1.165, 1.54) is 0 Å². The second kappa shape index (κ2) is 6.18. The van der Waals surface area contributed by atoms with Crippen LogP contribution >= 0.6 is 11.6 Å². The van der Waals surface area contributed by atoms with Gasteiger partial charge in [0.1, 0.15) is 5.02 Å². The van der Waals surface area contributed by atoms with E-state index in [0.717, 1.165) is 31.5 Å². The third-order valence-electron chi connectivity index (χ3n) is 3.69. The Morgan fingerprint density at radius 2 is 2.05 bits per heavy atom. The SMILES string of the molecule is NCC1CCCC1COc1ncc(C(F)(F)F)cc1Cl. The molecule has 2 N–H and O–H groups in total. The first-order valence-corrected chi connectivity index (χ1v) is 6.85. The highest BCUT2D eigenvalue weighted by Crippen LogP contribution is 2.35. The van der Waals surface area contributed by atoms with Crippen LogP contribution in [0.15, 0.2) is 12.3 Å². The highest BCUT2D eigenvalue weighted by atomic mass is 35.5. The molecule has 0 aromatic carbocycles. The normalized spacial score (nSPS) is 23.1. The zero-order valence-corrected chi connectivity index (χ0v) is 11.5. The van der Waals surface area contributed by atoms with Gasteiger partial charge in [0.05, 0.1) is 12.2 Å². The first-order valence-electron chi connectivity index (χ1n) is 6.47. The Morgan fingerprint density at radius 1 is 1.35 bits per heavy atom. The highest BCUT2D eigenvalue weighted by molar-refractivity contribution is 6.31. The van der Waals surface area contributed by atoms with Crippen LogP contribution in [0.25, 0.3) is 0 Å². The zero-order chi connectivity index (χ0) is 14.8. The monoisotopic (exact) mass is 308 g/mol. The lowest BCUT2D eigenvalue weighted by Gasteiger charge is -2.18. The number of rotatable bonds is 4. The highest BCUT2D eigenvalue weighted by Gasteiger charge is 2.32. The molecule has 0 bridgehead atoms. The molecule has 20 heavy (non-hydrogen) atoms.